The highest BCUT2D eigenvalue weighted by atomic mass is 79.9. The highest BCUT2D eigenvalue weighted by Crippen LogP contribution is 2.33. The molecule has 9 heteroatoms. The summed E-state index contributed by atoms with van der Waals surface area (Å²) >= 11 is 4.61. The number of hydrogen-bond acceptors (Lipinski definition) is 6. The molecule has 0 radical (unpaired) electrons. The van der Waals surface area contributed by atoms with Gasteiger partial charge in [-0.15, -0.1) is 16.8 Å². The number of rotatable bonds is 6. The summed E-state index contributed by atoms with van der Waals surface area (Å²) in [7, 11) is 0. The van der Waals surface area contributed by atoms with Gasteiger partial charge >= 0.3 is 0 Å². The molecule has 7 nitrogen and oxygen atoms in total. The summed E-state index contributed by atoms with van der Waals surface area (Å²) in [4.78, 5) is 26.3. The van der Waals surface area contributed by atoms with Crippen LogP contribution in [-0.4, -0.2) is 42.5 Å². The van der Waals surface area contributed by atoms with Crippen LogP contribution in [0, 0.1) is 0 Å². The van der Waals surface area contributed by atoms with Crippen molar-refractivity contribution in [2.75, 3.05) is 5.88 Å². The Morgan fingerprint density at radius 1 is 1.07 bits per heavy atom. The number of nitrogens with zero attached hydrogens (tertiary/aromatic N) is 4. The molecule has 1 aliphatic rings. The molecule has 1 aliphatic heterocycles. The summed E-state index contributed by atoms with van der Waals surface area (Å²) in [6.07, 6.45) is 1.69. The van der Waals surface area contributed by atoms with E-state index in [2.05, 4.69) is 32.7 Å². The van der Waals surface area contributed by atoms with Gasteiger partial charge in [0, 0.05) is 11.0 Å². The number of carbonyl (C=O) groups is 2. The number of fused-ring (bicyclic) bond motifs is 1. The van der Waals surface area contributed by atoms with E-state index in [0.717, 1.165) is 4.47 Å². The highest BCUT2D eigenvalue weighted by Gasteiger charge is 2.35. The molecule has 2 amide bonds. The number of halogens is 1. The summed E-state index contributed by atoms with van der Waals surface area (Å²) in [5.74, 6) is -0.00150. The molecule has 146 valence electrons. The maximum Gasteiger partial charge on any atom is 0.262 e. The first kappa shape index (κ1) is 19.4. The van der Waals surface area contributed by atoms with E-state index >= 15 is 0 Å². The van der Waals surface area contributed by atoms with Gasteiger partial charge in [-0.3, -0.25) is 19.1 Å². The zero-order valence-electron chi connectivity index (χ0n) is 15.1. The monoisotopic (exact) mass is 470 g/mol. The summed E-state index contributed by atoms with van der Waals surface area (Å²) in [5, 5.41) is 19.1. The first-order chi connectivity index (χ1) is 14.0. The van der Waals surface area contributed by atoms with Gasteiger partial charge in [-0.2, -0.15) is 0 Å². The van der Waals surface area contributed by atoms with Crippen LogP contribution in [0.1, 0.15) is 20.7 Å². The van der Waals surface area contributed by atoms with Crippen LogP contribution in [0.15, 0.2) is 64.7 Å². The minimum absolute atomic E-state index is 0.0720. The number of aromatic nitrogens is 3. The van der Waals surface area contributed by atoms with E-state index in [4.69, 9.17) is 0 Å². The zero-order valence-corrected chi connectivity index (χ0v) is 17.5. The molecule has 0 unspecified atom stereocenters. The Labute approximate surface area is 179 Å². The molecular formula is C20H15BrN4O3S. The van der Waals surface area contributed by atoms with Crippen molar-refractivity contribution < 1.29 is 14.7 Å². The van der Waals surface area contributed by atoms with E-state index in [1.807, 2.05) is 0 Å². The Balaban J connectivity index is 1.61. The fraction of sp³-hybridized carbons (Fsp3) is 0.100. The van der Waals surface area contributed by atoms with Crippen LogP contribution >= 0.6 is 27.7 Å². The number of carbonyl (C=O) groups excluding carboxylic acids is 2. The van der Waals surface area contributed by atoms with Gasteiger partial charge in [0.15, 0.2) is 11.0 Å². The molecule has 0 saturated heterocycles. The van der Waals surface area contributed by atoms with E-state index in [9.17, 15) is 14.7 Å². The molecule has 3 aromatic rings. The van der Waals surface area contributed by atoms with Crippen molar-refractivity contribution in [3.8, 4) is 17.1 Å². The third-order valence-corrected chi connectivity index (χ3v) is 5.87. The van der Waals surface area contributed by atoms with Crippen LogP contribution in [0.4, 0.5) is 0 Å². The lowest BCUT2D eigenvalue weighted by Crippen LogP contribution is -2.29. The van der Waals surface area contributed by atoms with Crippen molar-refractivity contribution in [3.05, 3.63) is 70.7 Å². The quantitative estimate of drug-likeness (QED) is 0.333. The zero-order chi connectivity index (χ0) is 20.5. The molecule has 0 aliphatic carbocycles. The number of thioether (sulfide) groups is 1. The fourth-order valence-corrected chi connectivity index (χ4v) is 4.31. The predicted octanol–water partition coefficient (Wildman–Crippen LogP) is 3.95. The summed E-state index contributed by atoms with van der Waals surface area (Å²) in [6.45, 7) is 4.17. The smallest absolute Gasteiger partial charge is 0.262 e. The fourth-order valence-electron chi connectivity index (χ4n) is 3.05. The molecule has 0 saturated carbocycles. The average molecular weight is 471 g/mol. The lowest BCUT2D eigenvalue weighted by atomic mass is 10.1. The van der Waals surface area contributed by atoms with E-state index in [0.29, 0.717) is 34.2 Å². The lowest BCUT2D eigenvalue weighted by molar-refractivity contribution is 0.0684. The molecule has 29 heavy (non-hydrogen) atoms. The number of phenolic OH excluding ortho intramolecular Hbond substituents is 1. The largest absolute Gasteiger partial charge is 0.507 e. The average Bonchev–Trinajstić information content (AvgIpc) is 3.22. The van der Waals surface area contributed by atoms with Crippen molar-refractivity contribution in [1.82, 2.24) is 19.7 Å². The second kappa shape index (κ2) is 7.84. The maximum atomic E-state index is 12.5. The Hall–Kier alpha value is -2.91. The van der Waals surface area contributed by atoms with E-state index in [1.54, 1.807) is 53.1 Å². The minimum Gasteiger partial charge on any atom is -0.507 e. The minimum atomic E-state index is -0.322. The second-order valence-corrected chi connectivity index (χ2v) is 8.05. The van der Waals surface area contributed by atoms with Gasteiger partial charge in [0.2, 0.25) is 0 Å². The molecule has 1 aromatic heterocycles. The van der Waals surface area contributed by atoms with Gasteiger partial charge in [0.05, 0.1) is 22.6 Å². The van der Waals surface area contributed by atoms with Gasteiger partial charge in [-0.05, 0) is 30.3 Å². The standard InChI is InChI=1S/C20H15BrN4O3S/c1-2-9-24-17(15-10-12(21)7-8-16(15)26)22-23-20(24)29-11-25-18(27)13-5-3-4-6-14(13)19(25)28/h2-8,10,26H,1,9,11H2. The molecule has 2 heterocycles. The lowest BCUT2D eigenvalue weighted by Gasteiger charge is -2.14. The van der Waals surface area contributed by atoms with E-state index in [-0.39, 0.29) is 23.4 Å². The topological polar surface area (TPSA) is 88.3 Å². The van der Waals surface area contributed by atoms with Crippen LogP contribution < -0.4 is 0 Å². The number of benzene rings is 2. The van der Waals surface area contributed by atoms with Crippen molar-refractivity contribution in [2.45, 2.75) is 11.7 Å². The van der Waals surface area contributed by atoms with Gasteiger partial charge in [-0.25, -0.2) is 0 Å². The number of allylic oxidation sites excluding steroid dienone is 1. The summed E-state index contributed by atoms with van der Waals surface area (Å²) in [5.41, 5.74) is 1.33. The first-order valence-corrected chi connectivity index (χ1v) is 10.4. The number of amides is 2. The number of aromatic hydroxyl groups is 1. The molecule has 2 aromatic carbocycles. The van der Waals surface area contributed by atoms with Crippen molar-refractivity contribution in [1.29, 1.82) is 0 Å². The Kier molecular flexibility index (Phi) is 5.25. The van der Waals surface area contributed by atoms with Crippen LogP contribution in [0.25, 0.3) is 11.4 Å². The van der Waals surface area contributed by atoms with Gasteiger partial charge in [-0.1, -0.05) is 45.9 Å². The molecule has 4 rings (SSSR count). The Morgan fingerprint density at radius 3 is 2.41 bits per heavy atom. The molecule has 0 spiro atoms. The molecule has 0 fully saturated rings. The third kappa shape index (κ3) is 3.47. The predicted molar refractivity (Wildman–Crippen MR) is 113 cm³/mol. The molecule has 0 atom stereocenters. The van der Waals surface area contributed by atoms with Crippen LogP contribution in [0.3, 0.4) is 0 Å². The van der Waals surface area contributed by atoms with Crippen molar-refractivity contribution in [3.63, 3.8) is 0 Å². The Bertz CT molecular complexity index is 1110. The molecular weight excluding hydrogens is 456 g/mol. The van der Waals surface area contributed by atoms with Crippen LogP contribution in [0.2, 0.25) is 0 Å². The van der Waals surface area contributed by atoms with Gasteiger partial charge in [0.25, 0.3) is 11.8 Å². The van der Waals surface area contributed by atoms with Crippen LogP contribution in [-0.2, 0) is 6.54 Å². The Morgan fingerprint density at radius 2 is 1.76 bits per heavy atom. The van der Waals surface area contributed by atoms with E-state index < -0.39 is 0 Å². The first-order valence-electron chi connectivity index (χ1n) is 8.62. The third-order valence-electron chi connectivity index (χ3n) is 4.43. The molecule has 0 bridgehead atoms. The number of phenols is 1. The van der Waals surface area contributed by atoms with Gasteiger partial charge in [0.1, 0.15) is 5.75 Å². The van der Waals surface area contributed by atoms with Crippen molar-refractivity contribution >= 4 is 39.5 Å². The number of hydrogen-bond donors (Lipinski definition) is 1. The summed E-state index contributed by atoms with van der Waals surface area (Å²) in [6, 6.07) is 11.8. The second-order valence-electron chi connectivity index (χ2n) is 6.22. The molecule has 1 N–H and O–H groups in total. The maximum absolute atomic E-state index is 12.5. The van der Waals surface area contributed by atoms with E-state index in [1.165, 1.54) is 16.7 Å². The van der Waals surface area contributed by atoms with Crippen LogP contribution in [0.5, 0.6) is 5.75 Å². The van der Waals surface area contributed by atoms with Gasteiger partial charge < -0.3 is 5.11 Å². The highest BCUT2D eigenvalue weighted by molar-refractivity contribution is 9.10. The summed E-state index contributed by atoms with van der Waals surface area (Å²) < 4.78 is 2.57. The van der Waals surface area contributed by atoms with Crippen molar-refractivity contribution in [2.24, 2.45) is 0 Å². The SMILES string of the molecule is C=CCn1c(SCN2C(=O)c3ccccc3C2=O)nnc1-c1cc(Br)ccc1O. The normalized spacial score (nSPS) is 13.1. The number of imide groups is 1.